The molecule has 0 atom stereocenters. The minimum absolute atomic E-state index is 0.0188. The van der Waals surface area contributed by atoms with Gasteiger partial charge >= 0.3 is 0 Å². The van der Waals surface area contributed by atoms with Crippen molar-refractivity contribution in [2.24, 2.45) is 5.92 Å². The Kier molecular flexibility index (Phi) is 5.05. The van der Waals surface area contributed by atoms with Gasteiger partial charge in [-0.15, -0.1) is 11.3 Å². The fraction of sp³-hybridized carbons (Fsp3) is 0.375. The molecular weight excluding hydrogens is 324 g/mol. The summed E-state index contributed by atoms with van der Waals surface area (Å²) >= 11 is 1.70. The molecule has 0 fully saturated rings. The molecule has 0 aliphatic rings. The van der Waals surface area contributed by atoms with Crippen LogP contribution in [0.3, 0.4) is 0 Å². The van der Waals surface area contributed by atoms with Gasteiger partial charge in [-0.1, -0.05) is 19.9 Å². The standard InChI is InChI=1S/C16H20N6OS/c1-11(2)16(23)17-5-6-22-15-13(9-21-22)14(19-10-20-15)18-8-12-4-3-7-24-12/h3-4,7,9-11H,5-6,8H2,1-2H3,(H,17,23)(H,18,19,20). The second kappa shape index (κ2) is 7.39. The molecule has 8 heteroatoms. The molecule has 3 heterocycles. The molecule has 3 aromatic rings. The van der Waals surface area contributed by atoms with Crippen molar-refractivity contribution in [2.75, 3.05) is 11.9 Å². The van der Waals surface area contributed by atoms with E-state index in [2.05, 4.69) is 37.1 Å². The fourth-order valence-electron chi connectivity index (χ4n) is 2.27. The lowest BCUT2D eigenvalue weighted by molar-refractivity contribution is -0.124. The number of nitrogens with one attached hydrogen (secondary N) is 2. The van der Waals surface area contributed by atoms with E-state index in [9.17, 15) is 4.79 Å². The van der Waals surface area contributed by atoms with E-state index in [1.165, 1.54) is 11.2 Å². The monoisotopic (exact) mass is 344 g/mol. The number of rotatable bonds is 7. The number of hydrogen-bond acceptors (Lipinski definition) is 6. The molecule has 24 heavy (non-hydrogen) atoms. The fourth-order valence-corrected chi connectivity index (χ4v) is 2.92. The van der Waals surface area contributed by atoms with E-state index in [-0.39, 0.29) is 11.8 Å². The molecule has 1 amide bonds. The van der Waals surface area contributed by atoms with E-state index in [0.717, 1.165) is 23.4 Å². The highest BCUT2D eigenvalue weighted by Gasteiger charge is 2.11. The molecule has 0 aliphatic heterocycles. The van der Waals surface area contributed by atoms with Crippen LogP contribution in [0.15, 0.2) is 30.0 Å². The predicted molar refractivity (Wildman–Crippen MR) is 94.8 cm³/mol. The number of hydrogen-bond donors (Lipinski definition) is 2. The van der Waals surface area contributed by atoms with Crippen LogP contribution in [0, 0.1) is 5.92 Å². The van der Waals surface area contributed by atoms with Crippen LogP contribution in [0.25, 0.3) is 11.0 Å². The number of anilines is 1. The Labute approximate surface area is 144 Å². The summed E-state index contributed by atoms with van der Waals surface area (Å²) in [7, 11) is 0. The van der Waals surface area contributed by atoms with Crippen molar-refractivity contribution in [2.45, 2.75) is 26.9 Å². The predicted octanol–water partition coefficient (Wildman–Crippen LogP) is 2.27. The lowest BCUT2D eigenvalue weighted by atomic mass is 10.2. The summed E-state index contributed by atoms with van der Waals surface area (Å²) in [6.45, 7) is 5.56. The van der Waals surface area contributed by atoms with E-state index in [1.54, 1.807) is 22.2 Å². The van der Waals surface area contributed by atoms with E-state index in [0.29, 0.717) is 13.1 Å². The van der Waals surface area contributed by atoms with E-state index in [1.807, 2.05) is 19.9 Å². The smallest absolute Gasteiger partial charge is 0.222 e. The average molecular weight is 344 g/mol. The zero-order valence-corrected chi connectivity index (χ0v) is 14.5. The largest absolute Gasteiger partial charge is 0.364 e. The Morgan fingerprint density at radius 1 is 1.38 bits per heavy atom. The van der Waals surface area contributed by atoms with Crippen LogP contribution in [0.1, 0.15) is 18.7 Å². The van der Waals surface area contributed by atoms with Gasteiger partial charge in [-0.3, -0.25) is 4.79 Å². The zero-order chi connectivity index (χ0) is 16.9. The summed E-state index contributed by atoms with van der Waals surface area (Å²) in [5.41, 5.74) is 0.762. The van der Waals surface area contributed by atoms with Gasteiger partial charge in [0.2, 0.25) is 5.91 Å². The number of carbonyl (C=O) groups excluding carboxylic acids is 1. The van der Waals surface area contributed by atoms with Gasteiger partial charge in [-0.05, 0) is 11.4 Å². The van der Waals surface area contributed by atoms with Gasteiger partial charge in [0.25, 0.3) is 0 Å². The normalized spacial score (nSPS) is 11.1. The third-order valence-corrected chi connectivity index (χ3v) is 4.47. The summed E-state index contributed by atoms with van der Waals surface area (Å²) in [6.07, 6.45) is 3.29. The molecule has 126 valence electrons. The van der Waals surface area contributed by atoms with Crippen molar-refractivity contribution in [3.63, 3.8) is 0 Å². The third-order valence-electron chi connectivity index (χ3n) is 3.59. The summed E-state index contributed by atoms with van der Waals surface area (Å²) in [5, 5.41) is 13.5. The molecule has 0 unspecified atom stereocenters. The molecule has 0 saturated carbocycles. The minimum Gasteiger partial charge on any atom is -0.364 e. The van der Waals surface area contributed by atoms with Gasteiger partial charge in [0.1, 0.15) is 12.1 Å². The molecule has 3 rings (SSSR count). The maximum absolute atomic E-state index is 11.6. The molecule has 0 aromatic carbocycles. The van der Waals surface area contributed by atoms with E-state index >= 15 is 0 Å². The van der Waals surface area contributed by atoms with Crippen LogP contribution in [-0.2, 0) is 17.9 Å². The minimum atomic E-state index is -0.0188. The Morgan fingerprint density at radius 2 is 2.25 bits per heavy atom. The lowest BCUT2D eigenvalue weighted by Crippen LogP contribution is -2.30. The quantitative estimate of drug-likeness (QED) is 0.687. The van der Waals surface area contributed by atoms with Gasteiger partial charge in [0.05, 0.1) is 24.7 Å². The van der Waals surface area contributed by atoms with Crippen molar-refractivity contribution in [3.05, 3.63) is 34.9 Å². The highest BCUT2D eigenvalue weighted by molar-refractivity contribution is 7.09. The molecule has 0 aliphatic carbocycles. The molecule has 0 radical (unpaired) electrons. The summed E-state index contributed by atoms with van der Waals surface area (Å²) < 4.78 is 1.79. The summed E-state index contributed by atoms with van der Waals surface area (Å²) in [4.78, 5) is 21.5. The maximum Gasteiger partial charge on any atom is 0.222 e. The van der Waals surface area contributed by atoms with Crippen molar-refractivity contribution in [1.82, 2.24) is 25.1 Å². The summed E-state index contributed by atoms with van der Waals surface area (Å²) in [5.74, 6) is 0.792. The Morgan fingerprint density at radius 3 is 3.00 bits per heavy atom. The maximum atomic E-state index is 11.6. The molecule has 3 aromatic heterocycles. The van der Waals surface area contributed by atoms with Crippen molar-refractivity contribution in [3.8, 4) is 0 Å². The Bertz CT molecular complexity index is 811. The number of aromatic nitrogens is 4. The topological polar surface area (TPSA) is 84.7 Å². The highest BCUT2D eigenvalue weighted by atomic mass is 32.1. The van der Waals surface area contributed by atoms with Gasteiger partial charge in [-0.2, -0.15) is 5.10 Å². The molecule has 0 bridgehead atoms. The first-order chi connectivity index (χ1) is 11.6. The van der Waals surface area contributed by atoms with Crippen LogP contribution in [0.5, 0.6) is 0 Å². The second-order valence-corrected chi connectivity index (χ2v) is 6.74. The Hall–Kier alpha value is -2.48. The Balaban J connectivity index is 1.68. The van der Waals surface area contributed by atoms with Crippen molar-refractivity contribution >= 4 is 34.1 Å². The van der Waals surface area contributed by atoms with Crippen LogP contribution in [0.2, 0.25) is 0 Å². The van der Waals surface area contributed by atoms with Crippen LogP contribution >= 0.6 is 11.3 Å². The summed E-state index contributed by atoms with van der Waals surface area (Å²) in [6, 6.07) is 4.11. The van der Waals surface area contributed by atoms with E-state index in [4.69, 9.17) is 0 Å². The van der Waals surface area contributed by atoms with E-state index < -0.39 is 0 Å². The third kappa shape index (κ3) is 3.70. The van der Waals surface area contributed by atoms with Crippen LogP contribution in [0.4, 0.5) is 5.82 Å². The van der Waals surface area contributed by atoms with Crippen molar-refractivity contribution in [1.29, 1.82) is 0 Å². The number of carbonyl (C=O) groups is 1. The molecule has 2 N–H and O–H groups in total. The highest BCUT2D eigenvalue weighted by Crippen LogP contribution is 2.20. The van der Waals surface area contributed by atoms with Gasteiger partial charge in [0.15, 0.2) is 5.65 Å². The first-order valence-electron chi connectivity index (χ1n) is 7.85. The number of nitrogens with zero attached hydrogens (tertiary/aromatic N) is 4. The SMILES string of the molecule is CC(C)C(=O)NCCn1ncc2c(NCc3cccs3)ncnc21. The molecule has 7 nitrogen and oxygen atoms in total. The average Bonchev–Trinajstić information content (AvgIpc) is 3.22. The first-order valence-corrected chi connectivity index (χ1v) is 8.73. The van der Waals surface area contributed by atoms with Crippen molar-refractivity contribution < 1.29 is 4.79 Å². The first kappa shape index (κ1) is 16.4. The molecule has 0 spiro atoms. The lowest BCUT2D eigenvalue weighted by Gasteiger charge is -2.08. The number of thiophene rings is 1. The zero-order valence-electron chi connectivity index (χ0n) is 13.7. The second-order valence-electron chi connectivity index (χ2n) is 5.71. The molecule has 0 saturated heterocycles. The van der Waals surface area contributed by atoms with Gasteiger partial charge < -0.3 is 10.6 Å². The van der Waals surface area contributed by atoms with Crippen LogP contribution in [-0.4, -0.2) is 32.2 Å². The number of fused-ring (bicyclic) bond motifs is 1. The van der Waals surface area contributed by atoms with Gasteiger partial charge in [-0.25, -0.2) is 14.6 Å². The molecular formula is C16H20N6OS. The van der Waals surface area contributed by atoms with Crippen LogP contribution < -0.4 is 10.6 Å². The number of amides is 1. The van der Waals surface area contributed by atoms with Gasteiger partial charge in [0, 0.05) is 17.3 Å².